The van der Waals surface area contributed by atoms with Crippen molar-refractivity contribution >= 4 is 0 Å². The van der Waals surface area contributed by atoms with Gasteiger partial charge in [0.25, 0.3) is 0 Å². The number of aliphatic hydroxyl groups excluding tert-OH is 3. The van der Waals surface area contributed by atoms with Gasteiger partial charge in [-0.05, 0) is 0 Å². The summed E-state index contributed by atoms with van der Waals surface area (Å²) in [5.74, 6) is 0. The summed E-state index contributed by atoms with van der Waals surface area (Å²) in [4.78, 5) is 0. The van der Waals surface area contributed by atoms with Crippen molar-refractivity contribution in [2.45, 2.75) is 6.10 Å². The van der Waals surface area contributed by atoms with Gasteiger partial charge in [0.15, 0.2) is 0 Å². The van der Waals surface area contributed by atoms with E-state index in [0.717, 1.165) is 0 Å². The monoisotopic (exact) mass is 314 g/mol. The predicted molar refractivity (Wildman–Crippen MR) is 20.2 cm³/mol. The van der Waals surface area contributed by atoms with Gasteiger partial charge in [-0.25, -0.2) is 0 Å². The van der Waals surface area contributed by atoms with Crippen molar-refractivity contribution in [2.24, 2.45) is 0 Å². The van der Waals surface area contributed by atoms with Gasteiger partial charge in [-0.2, -0.15) is 0 Å². The van der Waals surface area contributed by atoms with Gasteiger partial charge in [-0.3, -0.25) is 0 Å². The third-order valence-electron chi connectivity index (χ3n) is 0.421. The van der Waals surface area contributed by atoms with E-state index in [1.54, 1.807) is 0 Å². The molecule has 54 valence electrons. The molecule has 0 aromatic rings. The summed E-state index contributed by atoms with van der Waals surface area (Å²) < 4.78 is 0. The van der Waals surface area contributed by atoms with Crippen LogP contribution in [0.1, 0.15) is 0 Å². The molecule has 6 heteroatoms. The summed E-state index contributed by atoms with van der Waals surface area (Å²) in [6.07, 6.45) is -0.954. The van der Waals surface area contributed by atoms with Crippen LogP contribution in [0, 0.1) is 0 Å². The van der Waals surface area contributed by atoms with E-state index < -0.39 is 6.10 Å². The van der Waals surface area contributed by atoms with E-state index in [-0.39, 0.29) is 66.7 Å². The third kappa shape index (κ3) is 17.7. The van der Waals surface area contributed by atoms with Crippen molar-refractivity contribution < 1.29 is 68.8 Å². The van der Waals surface area contributed by atoms with Crippen LogP contribution in [0.3, 0.4) is 0 Å². The molecule has 0 aliphatic rings. The molecule has 3 N–H and O–H groups in total. The first-order valence-corrected chi connectivity index (χ1v) is 1.71. The van der Waals surface area contributed by atoms with Crippen LogP contribution >= 0.6 is 0 Å². The molecule has 9 heavy (non-hydrogen) atoms. The van der Waals surface area contributed by atoms with Crippen LogP contribution in [0.5, 0.6) is 0 Å². The summed E-state index contributed by atoms with van der Waals surface area (Å²) in [5.41, 5.74) is 0. The van der Waals surface area contributed by atoms with Gasteiger partial charge in [0, 0.05) is 0 Å². The van der Waals surface area contributed by atoms with Crippen molar-refractivity contribution in [2.75, 3.05) is 13.2 Å². The number of halogens is 2. The second-order valence-corrected chi connectivity index (χ2v) is 1.02. The standard InChI is InChI=1S/C3H8O3.2BrH.Zn/c4-1-3(6)2-5;;;/h3-6H,1-2H2;2*1H;/q;;;+2/p-2. The fourth-order valence-electron chi connectivity index (χ4n) is 0.0577. The molecule has 3 nitrogen and oxygen atoms in total. The number of rotatable bonds is 2. The van der Waals surface area contributed by atoms with E-state index in [9.17, 15) is 0 Å². The Balaban J connectivity index is -0.0000000417. The molecule has 0 heterocycles. The topological polar surface area (TPSA) is 60.7 Å². The predicted octanol–water partition coefficient (Wildman–Crippen LogP) is -7.66. The molecule has 0 saturated carbocycles. The van der Waals surface area contributed by atoms with E-state index in [1.807, 2.05) is 0 Å². The molecule has 0 aliphatic carbocycles. The van der Waals surface area contributed by atoms with Crippen LogP contribution in [0.25, 0.3) is 0 Å². The first kappa shape index (κ1) is 22.4. The average Bonchev–Trinajstić information content (AvgIpc) is 1.65. The minimum absolute atomic E-state index is 0. The Labute approximate surface area is 87.8 Å². The zero-order chi connectivity index (χ0) is 4.99. The van der Waals surface area contributed by atoms with Gasteiger partial charge < -0.3 is 49.3 Å². The second-order valence-electron chi connectivity index (χ2n) is 1.02. The van der Waals surface area contributed by atoms with Crippen LogP contribution in [0.15, 0.2) is 0 Å². The van der Waals surface area contributed by atoms with Gasteiger partial charge in [0.1, 0.15) is 6.10 Å². The quantitative estimate of drug-likeness (QED) is 0.444. The van der Waals surface area contributed by atoms with Crippen molar-refractivity contribution in [3.05, 3.63) is 0 Å². The maximum absolute atomic E-state index is 8.17. The Morgan fingerprint density at radius 3 is 1.22 bits per heavy atom. The van der Waals surface area contributed by atoms with Crippen molar-refractivity contribution in [3.63, 3.8) is 0 Å². The summed E-state index contributed by atoms with van der Waals surface area (Å²) in [7, 11) is 0. The van der Waals surface area contributed by atoms with Crippen molar-refractivity contribution in [1.82, 2.24) is 0 Å². The normalized spacial score (nSPS) is 6.67. The number of hydrogen-bond acceptors (Lipinski definition) is 3. The summed E-state index contributed by atoms with van der Waals surface area (Å²) in [6.45, 7) is -0.729. The Kier molecular flexibility index (Phi) is 40.4. The van der Waals surface area contributed by atoms with Crippen LogP contribution in [0.2, 0.25) is 0 Å². The molecule has 0 bridgehead atoms. The molecule has 0 aromatic heterocycles. The molecule has 0 fully saturated rings. The average molecular weight is 317 g/mol. The molecule has 0 rings (SSSR count). The largest absolute Gasteiger partial charge is 2.00 e. The molecule has 0 spiro atoms. The summed E-state index contributed by atoms with van der Waals surface area (Å²) in [6, 6.07) is 0. The Morgan fingerprint density at radius 2 is 1.22 bits per heavy atom. The SMILES string of the molecule is OCC(O)CO.[Br-].[Br-].[Zn+2]. The molecule has 0 atom stereocenters. The van der Waals surface area contributed by atoms with Gasteiger partial charge >= 0.3 is 19.5 Å². The fraction of sp³-hybridized carbons (Fsp3) is 1.00. The minimum atomic E-state index is -0.954. The molecular weight excluding hydrogens is 309 g/mol. The van der Waals surface area contributed by atoms with E-state index in [1.165, 1.54) is 0 Å². The first-order valence-electron chi connectivity index (χ1n) is 1.71. The molecule has 0 unspecified atom stereocenters. The van der Waals surface area contributed by atoms with E-state index >= 15 is 0 Å². The van der Waals surface area contributed by atoms with E-state index in [2.05, 4.69) is 0 Å². The molecule has 0 aliphatic heterocycles. The van der Waals surface area contributed by atoms with Crippen molar-refractivity contribution in [1.29, 1.82) is 0 Å². The van der Waals surface area contributed by atoms with Crippen LogP contribution in [-0.4, -0.2) is 34.6 Å². The molecule has 0 amide bonds. The second kappa shape index (κ2) is 16.2. The fourth-order valence-corrected chi connectivity index (χ4v) is 0.0577. The molecule has 0 aromatic carbocycles. The zero-order valence-corrected chi connectivity index (χ0v) is 10.9. The minimum Gasteiger partial charge on any atom is -1.00 e. The third-order valence-corrected chi connectivity index (χ3v) is 0.421. The number of hydrogen-bond donors (Lipinski definition) is 3. The number of aliphatic hydroxyl groups is 3. The summed E-state index contributed by atoms with van der Waals surface area (Å²) in [5, 5.41) is 24.0. The Hall–Kier alpha value is 1.46. The Bertz CT molecular complexity index is 36.2. The van der Waals surface area contributed by atoms with Gasteiger partial charge in [-0.15, -0.1) is 0 Å². The smallest absolute Gasteiger partial charge is 1.00 e. The molecular formula is C3H8Br2O3Zn. The van der Waals surface area contributed by atoms with Gasteiger partial charge in [-0.1, -0.05) is 0 Å². The summed E-state index contributed by atoms with van der Waals surface area (Å²) >= 11 is 0. The zero-order valence-electron chi connectivity index (χ0n) is 4.80. The Morgan fingerprint density at radius 1 is 1.00 bits per heavy atom. The maximum atomic E-state index is 8.17. The van der Waals surface area contributed by atoms with E-state index in [4.69, 9.17) is 15.3 Å². The van der Waals surface area contributed by atoms with Crippen molar-refractivity contribution in [3.8, 4) is 0 Å². The van der Waals surface area contributed by atoms with E-state index in [0.29, 0.717) is 0 Å². The first-order chi connectivity index (χ1) is 2.81. The van der Waals surface area contributed by atoms with Crippen LogP contribution in [0.4, 0.5) is 0 Å². The van der Waals surface area contributed by atoms with Gasteiger partial charge in [0.2, 0.25) is 0 Å². The van der Waals surface area contributed by atoms with Crippen LogP contribution < -0.4 is 34.0 Å². The van der Waals surface area contributed by atoms with Gasteiger partial charge in [0.05, 0.1) is 13.2 Å². The van der Waals surface area contributed by atoms with Crippen LogP contribution in [-0.2, 0) is 19.5 Å². The molecule has 0 radical (unpaired) electrons. The maximum Gasteiger partial charge on any atom is 2.00 e. The molecule has 0 saturated heterocycles.